The highest BCUT2D eigenvalue weighted by Crippen LogP contribution is 2.42. The molecule has 0 aliphatic carbocycles. The van der Waals surface area contributed by atoms with E-state index in [4.69, 9.17) is 19.9 Å². The predicted octanol–water partition coefficient (Wildman–Crippen LogP) is 10.7. The normalized spacial score (nSPS) is 11.6. The molecule has 0 spiro atoms. The second-order valence-corrected chi connectivity index (χ2v) is 12.7. The van der Waals surface area contributed by atoms with Crippen LogP contribution in [0.25, 0.3) is 85.9 Å². The van der Waals surface area contributed by atoms with E-state index in [1.807, 2.05) is 24.3 Å². The van der Waals surface area contributed by atoms with E-state index in [9.17, 15) is 0 Å². The van der Waals surface area contributed by atoms with Crippen molar-refractivity contribution in [2.75, 3.05) is 0 Å². The maximum atomic E-state index is 5.25. The average Bonchev–Trinajstić information content (AvgIpc) is 3.67. The van der Waals surface area contributed by atoms with Crippen LogP contribution in [0.4, 0.5) is 0 Å². The summed E-state index contributed by atoms with van der Waals surface area (Å²) >= 11 is 3.48. The van der Waals surface area contributed by atoms with E-state index in [1.165, 1.54) is 9.40 Å². The zero-order valence-corrected chi connectivity index (χ0v) is 24.9. The summed E-state index contributed by atoms with van der Waals surface area (Å²) in [5, 5.41) is 2.28. The Bertz CT molecular complexity index is 2320. The minimum absolute atomic E-state index is 0.663. The Labute approximate surface area is 261 Å². The van der Waals surface area contributed by atoms with Crippen molar-refractivity contribution in [1.29, 1.82) is 0 Å². The van der Waals surface area contributed by atoms with Crippen molar-refractivity contribution in [2.45, 2.75) is 0 Å². The molecule has 4 nitrogen and oxygen atoms in total. The Morgan fingerprint density at radius 3 is 1.20 bits per heavy atom. The molecule has 6 heteroatoms. The molecule has 0 fully saturated rings. The minimum atomic E-state index is 0.663. The summed E-state index contributed by atoms with van der Waals surface area (Å²) in [6.45, 7) is 0. The molecule has 0 aliphatic rings. The number of fused-ring (bicyclic) bond motifs is 6. The third-order valence-corrected chi connectivity index (χ3v) is 10.3. The molecule has 0 amide bonds. The van der Waals surface area contributed by atoms with E-state index >= 15 is 0 Å². The largest absolute Gasteiger partial charge is 0.226 e. The molecule has 9 rings (SSSR count). The molecule has 206 valence electrons. The van der Waals surface area contributed by atoms with Gasteiger partial charge in [-0.15, -0.1) is 22.7 Å². The van der Waals surface area contributed by atoms with Gasteiger partial charge < -0.3 is 0 Å². The fourth-order valence-electron chi connectivity index (χ4n) is 5.88. The Hall–Kier alpha value is -5.30. The molecule has 0 radical (unpaired) electrons. The van der Waals surface area contributed by atoms with Gasteiger partial charge in [0.1, 0.15) is 0 Å². The molecule has 4 aromatic heterocycles. The van der Waals surface area contributed by atoms with Gasteiger partial charge >= 0.3 is 0 Å². The van der Waals surface area contributed by atoms with Gasteiger partial charge in [0.25, 0.3) is 0 Å². The van der Waals surface area contributed by atoms with Crippen LogP contribution in [0.3, 0.4) is 0 Å². The molecule has 0 bridgehead atoms. The van der Waals surface area contributed by atoms with Gasteiger partial charge in [-0.05, 0) is 12.1 Å². The molecule has 9 aromatic rings. The topological polar surface area (TPSA) is 51.6 Å². The Balaban J connectivity index is 1.33. The quantitative estimate of drug-likeness (QED) is 0.202. The summed E-state index contributed by atoms with van der Waals surface area (Å²) < 4.78 is 4.58. The first-order valence-electron chi connectivity index (χ1n) is 14.4. The van der Waals surface area contributed by atoms with Crippen molar-refractivity contribution in [2.24, 2.45) is 0 Å². The fraction of sp³-hybridized carbons (Fsp3) is 0. The smallest absolute Gasteiger partial charge is 0.161 e. The van der Waals surface area contributed by atoms with E-state index in [0.29, 0.717) is 11.6 Å². The van der Waals surface area contributed by atoms with Gasteiger partial charge in [0.15, 0.2) is 11.6 Å². The van der Waals surface area contributed by atoms with Crippen molar-refractivity contribution in [3.05, 3.63) is 133 Å². The van der Waals surface area contributed by atoms with Gasteiger partial charge in [0, 0.05) is 42.4 Å². The first-order valence-corrected chi connectivity index (χ1v) is 16.0. The Kier molecular flexibility index (Phi) is 5.82. The number of aromatic nitrogens is 4. The van der Waals surface area contributed by atoms with Gasteiger partial charge in [0.05, 0.1) is 31.8 Å². The second-order valence-electron chi connectivity index (χ2n) is 10.6. The lowest BCUT2D eigenvalue weighted by Gasteiger charge is -2.12. The van der Waals surface area contributed by atoms with E-state index in [-0.39, 0.29) is 0 Å². The van der Waals surface area contributed by atoms with Crippen LogP contribution in [-0.2, 0) is 0 Å². The minimum Gasteiger partial charge on any atom is -0.226 e. The SMILES string of the molecule is c1ccc(-c2nc(-c3ccccc3-c3nc(-c4ccccc4)c4sc5ccccc5c4n3)nc3c2sc2ccccc23)cc1. The van der Waals surface area contributed by atoms with Crippen molar-refractivity contribution in [1.82, 2.24) is 19.9 Å². The van der Waals surface area contributed by atoms with Crippen molar-refractivity contribution < 1.29 is 0 Å². The second kappa shape index (κ2) is 10.2. The number of nitrogens with zero attached hydrogens (tertiary/aromatic N) is 4. The van der Waals surface area contributed by atoms with Crippen LogP contribution in [0.1, 0.15) is 0 Å². The Morgan fingerprint density at radius 1 is 0.364 bits per heavy atom. The van der Waals surface area contributed by atoms with Gasteiger partial charge in [-0.1, -0.05) is 121 Å². The van der Waals surface area contributed by atoms with Crippen LogP contribution >= 0.6 is 22.7 Å². The van der Waals surface area contributed by atoms with E-state index in [2.05, 4.69) is 109 Å². The van der Waals surface area contributed by atoms with E-state index in [1.54, 1.807) is 22.7 Å². The summed E-state index contributed by atoms with van der Waals surface area (Å²) in [5.74, 6) is 1.33. The summed E-state index contributed by atoms with van der Waals surface area (Å²) in [5.41, 5.74) is 7.75. The predicted molar refractivity (Wildman–Crippen MR) is 185 cm³/mol. The highest BCUT2D eigenvalue weighted by atomic mass is 32.1. The molecule has 0 unspecified atom stereocenters. The van der Waals surface area contributed by atoms with Crippen LogP contribution in [0.5, 0.6) is 0 Å². The molecular weight excluding hydrogens is 577 g/mol. The van der Waals surface area contributed by atoms with Crippen molar-refractivity contribution >= 4 is 63.3 Å². The van der Waals surface area contributed by atoms with Gasteiger partial charge in [-0.2, -0.15) is 0 Å². The molecule has 44 heavy (non-hydrogen) atoms. The summed E-state index contributed by atoms with van der Waals surface area (Å²) in [7, 11) is 0. The van der Waals surface area contributed by atoms with Crippen LogP contribution < -0.4 is 0 Å². The van der Waals surface area contributed by atoms with Gasteiger partial charge in [0.2, 0.25) is 0 Å². The summed E-state index contributed by atoms with van der Waals surface area (Å²) in [6.07, 6.45) is 0. The molecule has 0 atom stereocenters. The van der Waals surface area contributed by atoms with Crippen molar-refractivity contribution in [3.63, 3.8) is 0 Å². The average molecular weight is 599 g/mol. The first-order chi connectivity index (χ1) is 21.8. The molecule has 0 saturated heterocycles. The number of hydrogen-bond acceptors (Lipinski definition) is 6. The lowest BCUT2D eigenvalue weighted by Crippen LogP contribution is -1.98. The van der Waals surface area contributed by atoms with Crippen LogP contribution in [0.2, 0.25) is 0 Å². The maximum absolute atomic E-state index is 5.25. The van der Waals surface area contributed by atoms with Crippen LogP contribution in [-0.4, -0.2) is 19.9 Å². The lowest BCUT2D eigenvalue weighted by molar-refractivity contribution is 1.21. The standard InChI is InChI=1S/C38H22N4S2/c1-3-13-23(14-4-1)31-35-33(27-19-9-11-21-29(27)43-35)41-37(39-31)25-17-7-8-18-26(25)38-40-32(24-15-5-2-6-16-24)36-34(42-38)28-20-10-12-22-30(28)44-36/h1-22H. The number of benzene rings is 5. The Morgan fingerprint density at radius 2 is 0.750 bits per heavy atom. The third kappa shape index (κ3) is 4.03. The van der Waals surface area contributed by atoms with Crippen molar-refractivity contribution in [3.8, 4) is 45.3 Å². The lowest BCUT2D eigenvalue weighted by atomic mass is 10.0. The van der Waals surface area contributed by atoms with Gasteiger partial charge in [-0.25, -0.2) is 19.9 Å². The molecular formula is C38H22N4S2. The molecule has 5 aromatic carbocycles. The highest BCUT2D eigenvalue weighted by Gasteiger charge is 2.21. The molecule has 4 heterocycles. The number of rotatable bonds is 4. The molecule has 0 N–H and O–H groups in total. The van der Waals surface area contributed by atoms with E-state index < -0.39 is 0 Å². The number of thiophene rings is 2. The van der Waals surface area contributed by atoms with Crippen LogP contribution in [0, 0.1) is 0 Å². The zero-order valence-electron chi connectivity index (χ0n) is 23.3. The van der Waals surface area contributed by atoms with Crippen LogP contribution in [0.15, 0.2) is 133 Å². The third-order valence-electron chi connectivity index (χ3n) is 7.94. The highest BCUT2D eigenvalue weighted by molar-refractivity contribution is 7.26. The first kappa shape index (κ1) is 25.2. The molecule has 0 saturated carbocycles. The fourth-order valence-corrected chi connectivity index (χ4v) is 8.19. The summed E-state index contributed by atoms with van der Waals surface area (Å²) in [6, 6.07) is 45.9. The van der Waals surface area contributed by atoms with E-state index in [0.717, 1.165) is 64.8 Å². The zero-order chi connectivity index (χ0) is 29.0. The number of hydrogen-bond donors (Lipinski definition) is 0. The van der Waals surface area contributed by atoms with Gasteiger partial charge in [-0.3, -0.25) is 0 Å². The summed E-state index contributed by atoms with van der Waals surface area (Å²) in [4.78, 5) is 21.0. The monoisotopic (exact) mass is 598 g/mol. The molecule has 0 aliphatic heterocycles. The maximum Gasteiger partial charge on any atom is 0.161 e.